The Bertz CT molecular complexity index is 1240. The van der Waals surface area contributed by atoms with E-state index in [1.165, 1.54) is 7.11 Å². The standard InChI is InChI=1S/C31H43NO10/c1-32-13-28(14-38-2)17(33)11-18(39-3)30-16-12-29(36)25(42-27(35)15-9-7-6-8-10-15)19(16)31(37,24(34)26(29)41-5)20(23(30)32)21(40-4)22(28)30/h6-10,16-26,33-34,36-37H,11-14H2,1-5H3/t16-,17-,18+,19-,20+,21+,22-,23?,24+,25-,26+,28+,29+,30+,31-/m1/s1. The van der Waals surface area contributed by atoms with Gasteiger partial charge in [-0.15, -0.1) is 0 Å². The maximum Gasteiger partial charge on any atom is 0.338 e. The van der Waals surface area contributed by atoms with Crippen molar-refractivity contribution in [3.63, 3.8) is 0 Å². The minimum absolute atomic E-state index is 0.102. The minimum atomic E-state index is -1.86. The Hall–Kier alpha value is -1.67. The lowest BCUT2D eigenvalue weighted by atomic mass is 9.42. The normalized spacial score (nSPS) is 53.7. The number of carbonyl (C=O) groups excluding carboxylic acids is 1. The highest BCUT2D eigenvalue weighted by Gasteiger charge is 2.91. The number of ether oxygens (including phenoxy) is 5. The average Bonchev–Trinajstić information content (AvgIpc) is 3.37. The Morgan fingerprint density at radius 3 is 2.33 bits per heavy atom. The number of likely N-dealkylation sites (tertiary alicyclic amines) is 1. The molecule has 4 N–H and O–H groups in total. The summed E-state index contributed by atoms with van der Waals surface area (Å²) in [5.41, 5.74) is -4.81. The van der Waals surface area contributed by atoms with Gasteiger partial charge >= 0.3 is 5.97 Å². The number of hydrogen-bond donors (Lipinski definition) is 4. The first-order valence-corrected chi connectivity index (χ1v) is 14.9. The number of fused-ring (bicyclic) bond motifs is 2. The summed E-state index contributed by atoms with van der Waals surface area (Å²) in [5, 5.41) is 49.4. The highest BCUT2D eigenvalue weighted by Crippen LogP contribution is 2.80. The lowest BCUT2D eigenvalue weighted by Gasteiger charge is -2.69. The number of benzene rings is 1. The van der Waals surface area contributed by atoms with Gasteiger partial charge in [-0.05, 0) is 31.5 Å². The molecule has 11 heteroatoms. The van der Waals surface area contributed by atoms with Crippen molar-refractivity contribution in [2.45, 2.75) is 66.7 Å². The van der Waals surface area contributed by atoms with Crippen LogP contribution in [0, 0.1) is 34.5 Å². The molecule has 232 valence electrons. The van der Waals surface area contributed by atoms with E-state index < -0.39 is 82.4 Å². The molecule has 0 radical (unpaired) electrons. The van der Waals surface area contributed by atoms with Gasteiger partial charge in [0.15, 0.2) is 0 Å². The van der Waals surface area contributed by atoms with Crippen LogP contribution in [0.5, 0.6) is 0 Å². The summed E-state index contributed by atoms with van der Waals surface area (Å²) >= 11 is 0. The van der Waals surface area contributed by atoms with Gasteiger partial charge < -0.3 is 49.0 Å². The Balaban J connectivity index is 1.47. The number of aliphatic hydroxyl groups excluding tert-OH is 2. The zero-order valence-corrected chi connectivity index (χ0v) is 24.8. The quantitative estimate of drug-likeness (QED) is 0.311. The van der Waals surface area contributed by atoms with Gasteiger partial charge in [0.05, 0.1) is 30.5 Å². The summed E-state index contributed by atoms with van der Waals surface area (Å²) in [6.07, 6.45) is -5.28. The molecule has 0 amide bonds. The van der Waals surface area contributed by atoms with Crippen molar-refractivity contribution < 1.29 is 48.9 Å². The third kappa shape index (κ3) is 3.05. The lowest BCUT2D eigenvalue weighted by molar-refractivity contribution is -0.318. The topological polar surface area (TPSA) is 147 Å². The number of rotatable bonds is 7. The second kappa shape index (κ2) is 9.42. The van der Waals surface area contributed by atoms with Gasteiger partial charge in [-0.25, -0.2) is 4.79 Å². The smallest absolute Gasteiger partial charge is 0.338 e. The van der Waals surface area contributed by atoms with E-state index >= 15 is 0 Å². The molecule has 1 aromatic carbocycles. The van der Waals surface area contributed by atoms with Crippen LogP contribution >= 0.6 is 0 Å². The highest BCUT2D eigenvalue weighted by atomic mass is 16.6. The molecule has 11 nitrogen and oxygen atoms in total. The van der Waals surface area contributed by atoms with Crippen molar-refractivity contribution in [2.24, 2.45) is 34.5 Å². The van der Waals surface area contributed by atoms with E-state index in [4.69, 9.17) is 23.7 Å². The van der Waals surface area contributed by atoms with Crippen LogP contribution in [-0.2, 0) is 23.7 Å². The minimum Gasteiger partial charge on any atom is -0.455 e. The van der Waals surface area contributed by atoms with Crippen molar-refractivity contribution in [3.8, 4) is 0 Å². The summed E-state index contributed by atoms with van der Waals surface area (Å²) in [6.45, 7) is 0.760. The summed E-state index contributed by atoms with van der Waals surface area (Å²) < 4.78 is 30.3. The molecule has 0 aromatic heterocycles. The second-order valence-corrected chi connectivity index (χ2v) is 13.7. The number of esters is 1. The second-order valence-electron chi connectivity index (χ2n) is 13.7. The lowest BCUT2D eigenvalue weighted by Crippen LogP contribution is -2.80. The third-order valence-electron chi connectivity index (χ3n) is 12.6. The number of hydrogen-bond acceptors (Lipinski definition) is 11. The van der Waals surface area contributed by atoms with E-state index in [9.17, 15) is 25.2 Å². The largest absolute Gasteiger partial charge is 0.455 e. The van der Waals surface area contributed by atoms with Crippen molar-refractivity contribution >= 4 is 5.97 Å². The maximum absolute atomic E-state index is 13.5. The third-order valence-corrected chi connectivity index (χ3v) is 12.6. The monoisotopic (exact) mass is 589 g/mol. The van der Waals surface area contributed by atoms with E-state index in [1.54, 1.807) is 51.7 Å². The SMILES string of the molecule is COC[C@]12CN(C)C3[C@@H]4[C@H](OC)[C@H]1[C@@]3([C@@H](OC)C[C@H]2O)[C@@H]1C[C@]2(O)[C@H](OC(=O)c3ccccc3)[C@@H]1[C@]4(O)[C@@H](O)[C@@H]2OC. The van der Waals surface area contributed by atoms with Crippen molar-refractivity contribution in [3.05, 3.63) is 35.9 Å². The van der Waals surface area contributed by atoms with Crippen molar-refractivity contribution in [1.82, 2.24) is 4.90 Å². The Labute approximate surface area is 245 Å². The molecular formula is C31H43NO10. The highest BCUT2D eigenvalue weighted by molar-refractivity contribution is 5.89. The van der Waals surface area contributed by atoms with Gasteiger partial charge in [-0.3, -0.25) is 0 Å². The van der Waals surface area contributed by atoms with E-state index in [0.717, 1.165) is 0 Å². The molecule has 6 aliphatic rings. The molecule has 5 saturated carbocycles. The fraction of sp³-hybridized carbons (Fsp3) is 0.774. The molecule has 15 atom stereocenters. The molecule has 5 aliphatic carbocycles. The number of nitrogens with zero attached hydrogens (tertiary/aromatic N) is 1. The number of piperidine rings is 1. The molecule has 42 heavy (non-hydrogen) atoms. The Morgan fingerprint density at radius 1 is 1.00 bits per heavy atom. The summed E-state index contributed by atoms with van der Waals surface area (Å²) in [6, 6.07) is 8.22. The van der Waals surface area contributed by atoms with Gasteiger partial charge in [0.1, 0.15) is 29.5 Å². The van der Waals surface area contributed by atoms with E-state index in [0.29, 0.717) is 18.5 Å². The van der Waals surface area contributed by atoms with Crippen LogP contribution in [-0.4, -0.2) is 134 Å². The predicted molar refractivity (Wildman–Crippen MR) is 146 cm³/mol. The van der Waals surface area contributed by atoms with Crippen molar-refractivity contribution in [2.75, 3.05) is 48.6 Å². The van der Waals surface area contributed by atoms with Crippen LogP contribution in [0.1, 0.15) is 23.2 Å². The fourth-order valence-corrected chi connectivity index (χ4v) is 11.8. The number of aliphatic hydroxyl groups is 4. The molecule has 6 fully saturated rings. The molecule has 1 aliphatic heterocycles. The molecule has 1 unspecified atom stereocenters. The van der Waals surface area contributed by atoms with E-state index in [-0.39, 0.29) is 25.0 Å². The fourth-order valence-electron chi connectivity index (χ4n) is 11.8. The molecule has 7 bridgehead atoms. The van der Waals surface area contributed by atoms with E-state index in [2.05, 4.69) is 4.90 Å². The Morgan fingerprint density at radius 2 is 1.71 bits per heavy atom. The molecule has 1 spiro atoms. The molecule has 7 rings (SSSR count). The average molecular weight is 590 g/mol. The zero-order chi connectivity index (χ0) is 30.0. The number of methoxy groups -OCH3 is 4. The molecule has 1 saturated heterocycles. The van der Waals surface area contributed by atoms with Gasteiger partial charge in [-0.1, -0.05) is 18.2 Å². The van der Waals surface area contributed by atoms with Crippen LogP contribution in [0.4, 0.5) is 0 Å². The van der Waals surface area contributed by atoms with E-state index in [1.807, 2.05) is 7.05 Å². The molecular weight excluding hydrogens is 546 g/mol. The first-order valence-electron chi connectivity index (χ1n) is 14.9. The summed E-state index contributed by atoms with van der Waals surface area (Å²) in [4.78, 5) is 15.7. The van der Waals surface area contributed by atoms with Crippen LogP contribution in [0.3, 0.4) is 0 Å². The van der Waals surface area contributed by atoms with Crippen LogP contribution in [0.15, 0.2) is 30.3 Å². The zero-order valence-electron chi connectivity index (χ0n) is 24.8. The first kappa shape index (κ1) is 29.1. The van der Waals surface area contributed by atoms with Crippen LogP contribution < -0.4 is 0 Å². The predicted octanol–water partition coefficient (Wildman–Crippen LogP) is -0.313. The molecule has 1 aromatic rings. The van der Waals surface area contributed by atoms with Gasteiger partial charge in [-0.2, -0.15) is 0 Å². The van der Waals surface area contributed by atoms with Gasteiger partial charge in [0, 0.05) is 76.0 Å². The van der Waals surface area contributed by atoms with Gasteiger partial charge in [0.2, 0.25) is 0 Å². The van der Waals surface area contributed by atoms with Crippen LogP contribution in [0.2, 0.25) is 0 Å². The maximum atomic E-state index is 13.5. The first-order chi connectivity index (χ1) is 20.0. The summed E-state index contributed by atoms with van der Waals surface area (Å²) in [7, 11) is 8.22. The summed E-state index contributed by atoms with van der Waals surface area (Å²) in [5.74, 6) is -2.96. The van der Waals surface area contributed by atoms with Crippen LogP contribution in [0.25, 0.3) is 0 Å². The van der Waals surface area contributed by atoms with Gasteiger partial charge in [0.25, 0.3) is 0 Å². The number of carbonyl (C=O) groups is 1. The van der Waals surface area contributed by atoms with Crippen molar-refractivity contribution in [1.29, 1.82) is 0 Å². The molecule has 1 heterocycles. The Kier molecular flexibility index (Phi) is 6.52.